The van der Waals surface area contributed by atoms with E-state index in [1.807, 2.05) is 13.1 Å². The van der Waals surface area contributed by atoms with Gasteiger partial charge in [0.25, 0.3) is 5.91 Å². The van der Waals surface area contributed by atoms with E-state index >= 15 is 0 Å². The minimum absolute atomic E-state index is 0.00242. The van der Waals surface area contributed by atoms with Crippen LogP contribution in [0.25, 0.3) is 0 Å². The van der Waals surface area contributed by atoms with E-state index in [-0.39, 0.29) is 23.3 Å². The minimum Gasteiger partial charge on any atom is -0.490 e. The van der Waals surface area contributed by atoms with Gasteiger partial charge in [-0.2, -0.15) is 10.3 Å². The van der Waals surface area contributed by atoms with Gasteiger partial charge in [0.05, 0.1) is 22.8 Å². The Balaban J connectivity index is 2.06. The molecule has 8 heteroatoms. The van der Waals surface area contributed by atoms with Crippen molar-refractivity contribution < 1.29 is 19.4 Å². The standard InChI is InChI=1S/C26H36N4O4/c1-25(2,3)22-14-23(30(29(22)6)16-18-9-11-33-12-10-18)28-24(31)20-13-19(15-27)7-8-21(20)34-17-26(4,5)32/h7-8,13-14,18,32H,9-12,16-17H2,1-6H3/b28-23+. The van der Waals surface area contributed by atoms with Crippen molar-refractivity contribution in [3.63, 3.8) is 0 Å². The van der Waals surface area contributed by atoms with E-state index in [4.69, 9.17) is 9.47 Å². The predicted molar refractivity (Wildman–Crippen MR) is 128 cm³/mol. The molecule has 1 fully saturated rings. The van der Waals surface area contributed by atoms with Gasteiger partial charge in [-0.3, -0.25) is 14.2 Å². The molecule has 1 aliphatic rings. The zero-order valence-electron chi connectivity index (χ0n) is 21.1. The average molecular weight is 469 g/mol. The molecule has 1 aromatic carbocycles. The van der Waals surface area contributed by atoms with Gasteiger partial charge in [0.1, 0.15) is 12.4 Å². The molecule has 2 heterocycles. The number of rotatable bonds is 6. The van der Waals surface area contributed by atoms with Crippen LogP contribution in [0.3, 0.4) is 0 Å². The van der Waals surface area contributed by atoms with Gasteiger partial charge < -0.3 is 14.6 Å². The molecule has 1 N–H and O–H groups in total. The maximum atomic E-state index is 13.4. The third-order valence-corrected chi connectivity index (χ3v) is 5.92. The van der Waals surface area contributed by atoms with Crippen LogP contribution in [0.5, 0.6) is 5.75 Å². The number of benzene rings is 1. The number of ether oxygens (including phenoxy) is 2. The minimum atomic E-state index is -1.07. The first-order valence-corrected chi connectivity index (χ1v) is 11.7. The van der Waals surface area contributed by atoms with Gasteiger partial charge in [0, 0.05) is 44.0 Å². The molecular formula is C26H36N4O4. The molecule has 1 aliphatic heterocycles. The van der Waals surface area contributed by atoms with Crippen LogP contribution in [-0.2, 0) is 23.7 Å². The van der Waals surface area contributed by atoms with Crippen LogP contribution in [-0.4, -0.2) is 45.8 Å². The van der Waals surface area contributed by atoms with Crippen LogP contribution in [0.4, 0.5) is 0 Å². The largest absolute Gasteiger partial charge is 0.490 e. The fraction of sp³-hybridized carbons (Fsp3) is 0.577. The second-order valence-corrected chi connectivity index (χ2v) is 10.6. The maximum absolute atomic E-state index is 13.4. The Morgan fingerprint density at radius 1 is 1.24 bits per heavy atom. The lowest BCUT2D eigenvalue weighted by atomic mass is 9.92. The van der Waals surface area contributed by atoms with Crippen LogP contribution in [0, 0.1) is 17.2 Å². The number of aliphatic hydroxyl groups is 1. The lowest BCUT2D eigenvalue weighted by molar-refractivity contribution is 0.0281. The van der Waals surface area contributed by atoms with Crippen LogP contribution >= 0.6 is 0 Å². The zero-order valence-corrected chi connectivity index (χ0v) is 21.1. The van der Waals surface area contributed by atoms with Crippen molar-refractivity contribution in [2.24, 2.45) is 18.0 Å². The van der Waals surface area contributed by atoms with E-state index in [0.717, 1.165) is 38.3 Å². The Kier molecular flexibility index (Phi) is 7.69. The maximum Gasteiger partial charge on any atom is 0.282 e. The molecule has 1 amide bonds. The normalized spacial score (nSPS) is 15.9. The van der Waals surface area contributed by atoms with Gasteiger partial charge in [-0.25, -0.2) is 0 Å². The first-order valence-electron chi connectivity index (χ1n) is 11.7. The lowest BCUT2D eigenvalue weighted by Gasteiger charge is -2.25. The number of nitrogens with zero attached hydrogens (tertiary/aromatic N) is 4. The lowest BCUT2D eigenvalue weighted by Crippen LogP contribution is -2.31. The zero-order chi connectivity index (χ0) is 25.1. The number of nitriles is 1. The first-order chi connectivity index (χ1) is 15.9. The Bertz CT molecular complexity index is 1130. The van der Waals surface area contributed by atoms with Crippen LogP contribution in [0.1, 0.15) is 69.1 Å². The van der Waals surface area contributed by atoms with E-state index in [2.05, 4.69) is 41.2 Å². The summed E-state index contributed by atoms with van der Waals surface area (Å²) in [6.07, 6.45) is 1.94. The summed E-state index contributed by atoms with van der Waals surface area (Å²) in [6, 6.07) is 8.68. The molecule has 1 aromatic heterocycles. The Morgan fingerprint density at radius 3 is 2.50 bits per heavy atom. The van der Waals surface area contributed by atoms with Crippen molar-refractivity contribution in [3.8, 4) is 11.8 Å². The van der Waals surface area contributed by atoms with Crippen molar-refractivity contribution in [3.05, 3.63) is 46.6 Å². The number of amides is 1. The number of hydrogen-bond donors (Lipinski definition) is 1. The van der Waals surface area contributed by atoms with Crippen molar-refractivity contribution >= 4 is 5.91 Å². The van der Waals surface area contributed by atoms with Gasteiger partial charge >= 0.3 is 0 Å². The second-order valence-electron chi connectivity index (χ2n) is 10.6. The molecule has 8 nitrogen and oxygen atoms in total. The van der Waals surface area contributed by atoms with E-state index in [9.17, 15) is 15.2 Å². The van der Waals surface area contributed by atoms with Crippen LogP contribution in [0.2, 0.25) is 0 Å². The van der Waals surface area contributed by atoms with E-state index in [1.54, 1.807) is 26.0 Å². The molecule has 1 saturated heterocycles. The number of hydrogen-bond acceptors (Lipinski definition) is 5. The van der Waals surface area contributed by atoms with Gasteiger partial charge in [-0.05, 0) is 50.8 Å². The fourth-order valence-corrected chi connectivity index (χ4v) is 4.07. The summed E-state index contributed by atoms with van der Waals surface area (Å²) in [5.74, 6) is 0.240. The third-order valence-electron chi connectivity index (χ3n) is 5.92. The molecule has 0 unspecified atom stereocenters. The average Bonchev–Trinajstić information content (AvgIpc) is 3.08. The highest BCUT2D eigenvalue weighted by Gasteiger charge is 2.24. The van der Waals surface area contributed by atoms with Gasteiger partial charge in [0.15, 0.2) is 5.49 Å². The fourth-order valence-electron chi connectivity index (χ4n) is 4.07. The summed E-state index contributed by atoms with van der Waals surface area (Å²) in [5.41, 5.74) is 0.967. The van der Waals surface area contributed by atoms with Gasteiger partial charge in [-0.1, -0.05) is 20.8 Å². The monoisotopic (exact) mass is 468 g/mol. The summed E-state index contributed by atoms with van der Waals surface area (Å²) >= 11 is 0. The summed E-state index contributed by atoms with van der Waals surface area (Å²) < 4.78 is 15.4. The molecule has 0 aliphatic carbocycles. The van der Waals surface area contributed by atoms with Gasteiger partial charge in [0.2, 0.25) is 0 Å². The number of carbonyl (C=O) groups is 1. The summed E-state index contributed by atoms with van der Waals surface area (Å²) in [5, 5.41) is 19.4. The predicted octanol–water partition coefficient (Wildman–Crippen LogP) is 3.31. The highest BCUT2D eigenvalue weighted by atomic mass is 16.5. The van der Waals surface area contributed by atoms with E-state index in [0.29, 0.717) is 17.0 Å². The third kappa shape index (κ3) is 6.37. The van der Waals surface area contributed by atoms with Crippen LogP contribution in [0.15, 0.2) is 29.3 Å². The van der Waals surface area contributed by atoms with Crippen molar-refractivity contribution in [2.45, 2.75) is 65.0 Å². The molecule has 0 radical (unpaired) electrons. The Hall–Kier alpha value is -2.89. The number of carbonyl (C=O) groups excluding carboxylic acids is 1. The number of aromatic nitrogens is 2. The smallest absolute Gasteiger partial charge is 0.282 e. The topological polar surface area (TPSA) is 102 Å². The molecule has 0 spiro atoms. The van der Waals surface area contributed by atoms with Crippen LogP contribution < -0.4 is 10.2 Å². The molecule has 184 valence electrons. The van der Waals surface area contributed by atoms with E-state index < -0.39 is 11.5 Å². The first kappa shape index (κ1) is 25.7. The SMILES string of the molecule is Cn1c(C(C)(C)C)c/c(=N\C(=O)c2cc(C#N)ccc2OCC(C)(C)O)n1CC1CCOCC1. The van der Waals surface area contributed by atoms with Crippen molar-refractivity contribution in [2.75, 3.05) is 19.8 Å². The quantitative estimate of drug-likeness (QED) is 0.701. The highest BCUT2D eigenvalue weighted by Crippen LogP contribution is 2.24. The molecule has 34 heavy (non-hydrogen) atoms. The molecule has 0 saturated carbocycles. The molecule has 0 atom stereocenters. The van der Waals surface area contributed by atoms with Crippen molar-refractivity contribution in [1.29, 1.82) is 5.26 Å². The highest BCUT2D eigenvalue weighted by molar-refractivity contribution is 5.98. The molecule has 3 rings (SSSR count). The summed E-state index contributed by atoms with van der Waals surface area (Å²) in [7, 11) is 2.00. The Labute approximate surface area is 201 Å². The Morgan fingerprint density at radius 2 is 1.91 bits per heavy atom. The molecule has 2 aromatic rings. The van der Waals surface area contributed by atoms with E-state index in [1.165, 1.54) is 6.07 Å². The summed E-state index contributed by atoms with van der Waals surface area (Å²) in [6.45, 7) is 11.9. The molecule has 0 bridgehead atoms. The van der Waals surface area contributed by atoms with Gasteiger partial charge in [-0.15, -0.1) is 0 Å². The van der Waals surface area contributed by atoms with Crippen molar-refractivity contribution in [1.82, 2.24) is 9.36 Å². The second kappa shape index (κ2) is 10.2. The molecular weight excluding hydrogens is 432 g/mol. The summed E-state index contributed by atoms with van der Waals surface area (Å²) in [4.78, 5) is 17.9.